The smallest absolute Gasteiger partial charge is 0.343 e. The first-order valence-corrected chi connectivity index (χ1v) is 9.53. The Labute approximate surface area is 155 Å². The van der Waals surface area contributed by atoms with Crippen LogP contribution in [-0.2, 0) is 17.6 Å². The average molecular weight is 390 g/mol. The SMILES string of the molecule is CC(C)(C)C[C@H](NC(=O)CNC(=O)c1cc2c(s1)CCCC2)C(F)(F)F. The standard InChI is InChI=1S/C18H25F3N2O2S/c1-17(2,3)9-14(18(19,20)21)23-15(24)10-22-16(25)13-8-11-6-4-5-7-12(11)26-13/h8,14H,4-7,9-10H2,1-3H3,(H,22,25)(H,23,24)/t14-/m0/s1. The van der Waals surface area contributed by atoms with Gasteiger partial charge < -0.3 is 10.6 Å². The monoisotopic (exact) mass is 390 g/mol. The Morgan fingerprint density at radius 2 is 1.85 bits per heavy atom. The van der Waals surface area contributed by atoms with Gasteiger partial charge in [0.15, 0.2) is 0 Å². The lowest BCUT2D eigenvalue weighted by atomic mass is 9.88. The molecule has 0 unspecified atom stereocenters. The third kappa shape index (κ3) is 6.00. The molecular formula is C18H25F3N2O2S. The fraction of sp³-hybridized carbons (Fsp3) is 0.667. The van der Waals surface area contributed by atoms with Crippen LogP contribution in [0.5, 0.6) is 0 Å². The number of hydrogen-bond acceptors (Lipinski definition) is 3. The van der Waals surface area contributed by atoms with Gasteiger partial charge in [-0.3, -0.25) is 9.59 Å². The molecule has 0 radical (unpaired) electrons. The van der Waals surface area contributed by atoms with Crippen LogP contribution in [0.15, 0.2) is 6.07 Å². The van der Waals surface area contributed by atoms with Crippen molar-refractivity contribution in [3.63, 3.8) is 0 Å². The summed E-state index contributed by atoms with van der Waals surface area (Å²) in [5.41, 5.74) is 0.574. The number of nitrogens with one attached hydrogen (secondary N) is 2. The number of hydrogen-bond donors (Lipinski definition) is 2. The highest BCUT2D eigenvalue weighted by Gasteiger charge is 2.42. The highest BCUT2D eigenvalue weighted by Crippen LogP contribution is 2.31. The molecule has 0 aliphatic heterocycles. The van der Waals surface area contributed by atoms with Crippen LogP contribution >= 0.6 is 11.3 Å². The lowest BCUT2D eigenvalue weighted by molar-refractivity contribution is -0.166. The third-order valence-electron chi connectivity index (χ3n) is 4.18. The van der Waals surface area contributed by atoms with Crippen molar-refractivity contribution in [1.29, 1.82) is 0 Å². The van der Waals surface area contributed by atoms with Gasteiger partial charge in [-0.05, 0) is 49.1 Å². The van der Waals surface area contributed by atoms with Crippen LogP contribution in [0.4, 0.5) is 13.2 Å². The molecule has 1 atom stereocenters. The zero-order valence-electron chi connectivity index (χ0n) is 15.3. The Kier molecular flexibility index (Phi) is 6.37. The van der Waals surface area contributed by atoms with E-state index in [4.69, 9.17) is 0 Å². The lowest BCUT2D eigenvalue weighted by Crippen LogP contribution is -2.50. The van der Waals surface area contributed by atoms with Crippen molar-refractivity contribution in [3.8, 4) is 0 Å². The van der Waals surface area contributed by atoms with Gasteiger partial charge in [0.1, 0.15) is 6.04 Å². The normalized spacial score (nSPS) is 15.9. The largest absolute Gasteiger partial charge is 0.408 e. The number of halogens is 3. The maximum atomic E-state index is 13.1. The molecule has 1 aromatic rings. The maximum absolute atomic E-state index is 13.1. The van der Waals surface area contributed by atoms with Crippen molar-refractivity contribution in [2.45, 2.75) is 65.1 Å². The Morgan fingerprint density at radius 3 is 2.42 bits per heavy atom. The summed E-state index contributed by atoms with van der Waals surface area (Å²) in [5, 5.41) is 4.41. The van der Waals surface area contributed by atoms with E-state index in [1.807, 2.05) is 11.4 Å². The van der Waals surface area contributed by atoms with E-state index in [9.17, 15) is 22.8 Å². The van der Waals surface area contributed by atoms with E-state index in [1.54, 1.807) is 20.8 Å². The summed E-state index contributed by atoms with van der Waals surface area (Å²) in [4.78, 5) is 25.8. The number of amides is 2. The van der Waals surface area contributed by atoms with Crippen molar-refractivity contribution in [2.24, 2.45) is 5.41 Å². The molecule has 1 aromatic heterocycles. The van der Waals surface area contributed by atoms with Crippen LogP contribution in [0.1, 0.15) is 60.1 Å². The fourth-order valence-electron chi connectivity index (χ4n) is 2.96. The Balaban J connectivity index is 1.90. The van der Waals surface area contributed by atoms with Gasteiger partial charge in [-0.15, -0.1) is 11.3 Å². The second-order valence-corrected chi connectivity index (χ2v) is 9.01. The van der Waals surface area contributed by atoms with E-state index in [1.165, 1.54) is 16.2 Å². The van der Waals surface area contributed by atoms with Crippen molar-refractivity contribution >= 4 is 23.2 Å². The van der Waals surface area contributed by atoms with Crippen molar-refractivity contribution < 1.29 is 22.8 Å². The molecule has 1 heterocycles. The number of fused-ring (bicyclic) bond motifs is 1. The molecule has 0 bridgehead atoms. The summed E-state index contributed by atoms with van der Waals surface area (Å²) in [6, 6.07) is -0.106. The number of carbonyl (C=O) groups is 2. The number of rotatable bonds is 5. The van der Waals surface area contributed by atoms with Gasteiger partial charge in [-0.1, -0.05) is 20.8 Å². The average Bonchev–Trinajstić information content (AvgIpc) is 2.94. The molecule has 2 amide bonds. The predicted molar refractivity (Wildman–Crippen MR) is 95.4 cm³/mol. The topological polar surface area (TPSA) is 58.2 Å². The molecule has 26 heavy (non-hydrogen) atoms. The van der Waals surface area contributed by atoms with Crippen LogP contribution in [-0.4, -0.2) is 30.6 Å². The van der Waals surface area contributed by atoms with Crippen LogP contribution in [0.3, 0.4) is 0 Å². The molecular weight excluding hydrogens is 365 g/mol. The molecule has 1 aliphatic carbocycles. The van der Waals surface area contributed by atoms with E-state index >= 15 is 0 Å². The maximum Gasteiger partial charge on any atom is 0.408 e. The first-order valence-electron chi connectivity index (χ1n) is 8.71. The first-order chi connectivity index (χ1) is 12.0. The van der Waals surface area contributed by atoms with Crippen LogP contribution in [0.2, 0.25) is 0 Å². The highest BCUT2D eigenvalue weighted by atomic mass is 32.1. The number of thiophene rings is 1. The van der Waals surface area contributed by atoms with Crippen LogP contribution in [0, 0.1) is 5.41 Å². The van der Waals surface area contributed by atoms with Crippen molar-refractivity contribution in [1.82, 2.24) is 10.6 Å². The molecule has 2 rings (SSSR count). The van der Waals surface area contributed by atoms with Gasteiger partial charge in [0, 0.05) is 4.88 Å². The second-order valence-electron chi connectivity index (χ2n) is 7.88. The van der Waals surface area contributed by atoms with Crippen molar-refractivity contribution in [2.75, 3.05) is 6.54 Å². The summed E-state index contributed by atoms with van der Waals surface area (Å²) in [7, 11) is 0. The van der Waals surface area contributed by atoms with E-state index in [0.717, 1.165) is 31.2 Å². The number of aryl methyl sites for hydroxylation is 2. The van der Waals surface area contributed by atoms with Gasteiger partial charge in [-0.25, -0.2) is 0 Å². The van der Waals surface area contributed by atoms with Gasteiger partial charge in [-0.2, -0.15) is 13.2 Å². The summed E-state index contributed by atoms with van der Waals surface area (Å²) in [6.07, 6.45) is -0.662. The molecule has 0 spiro atoms. The molecule has 0 aromatic carbocycles. The summed E-state index contributed by atoms with van der Waals surface area (Å²) < 4.78 is 39.3. The Hall–Kier alpha value is -1.57. The van der Waals surface area contributed by atoms with E-state index in [-0.39, 0.29) is 6.42 Å². The lowest BCUT2D eigenvalue weighted by Gasteiger charge is -2.28. The molecule has 8 heteroatoms. The van der Waals surface area contributed by atoms with Crippen molar-refractivity contribution in [3.05, 3.63) is 21.4 Å². The van der Waals surface area contributed by atoms with Crippen LogP contribution in [0.25, 0.3) is 0 Å². The zero-order valence-corrected chi connectivity index (χ0v) is 16.1. The number of carbonyl (C=O) groups excluding carboxylic acids is 2. The minimum Gasteiger partial charge on any atom is -0.343 e. The number of alkyl halides is 3. The van der Waals surface area contributed by atoms with Crippen LogP contribution < -0.4 is 10.6 Å². The second kappa shape index (κ2) is 7.98. The predicted octanol–water partition coefficient (Wildman–Crippen LogP) is 3.84. The van der Waals surface area contributed by atoms with Gasteiger partial charge in [0.05, 0.1) is 11.4 Å². The fourth-order valence-corrected chi connectivity index (χ4v) is 4.13. The quantitative estimate of drug-likeness (QED) is 0.803. The van der Waals surface area contributed by atoms with Gasteiger partial charge in [0.25, 0.3) is 5.91 Å². The molecule has 4 nitrogen and oxygen atoms in total. The minimum absolute atomic E-state index is 0.228. The molecule has 1 aliphatic rings. The van der Waals surface area contributed by atoms with Gasteiger partial charge >= 0.3 is 6.18 Å². The molecule has 146 valence electrons. The van der Waals surface area contributed by atoms with E-state index in [2.05, 4.69) is 5.32 Å². The summed E-state index contributed by atoms with van der Waals surface area (Å²) >= 11 is 1.40. The Morgan fingerprint density at radius 1 is 1.19 bits per heavy atom. The van der Waals surface area contributed by atoms with Gasteiger partial charge in [0.2, 0.25) is 5.91 Å². The molecule has 0 saturated heterocycles. The van der Waals surface area contributed by atoms with E-state index < -0.39 is 36.0 Å². The molecule has 2 N–H and O–H groups in total. The molecule has 0 saturated carbocycles. The Bertz CT molecular complexity index is 639. The summed E-state index contributed by atoms with van der Waals surface area (Å²) in [6.45, 7) is 4.56. The molecule has 0 fully saturated rings. The summed E-state index contributed by atoms with van der Waals surface area (Å²) in [5.74, 6) is -1.26. The zero-order chi connectivity index (χ0) is 19.5. The first kappa shape index (κ1) is 20.7. The third-order valence-corrected chi connectivity index (χ3v) is 5.41. The highest BCUT2D eigenvalue weighted by molar-refractivity contribution is 7.14. The van der Waals surface area contributed by atoms with E-state index in [0.29, 0.717) is 4.88 Å². The minimum atomic E-state index is -4.53.